The standard InChI is InChI=1S/C14H9FN2O/c15-10-5-3-4-9(8-10)13-16-12-7-2-1-6-11(12)14(18)17-13/h1-8H,(H,16,17,18). The number of benzene rings is 2. The SMILES string of the molecule is O=c1[nH]c(-c2cccc(F)c2)nc2ccccc12. The van der Waals surface area contributed by atoms with E-state index in [9.17, 15) is 9.18 Å². The van der Waals surface area contributed by atoms with Gasteiger partial charge in [0.05, 0.1) is 10.9 Å². The number of aromatic amines is 1. The van der Waals surface area contributed by atoms with E-state index in [0.717, 1.165) is 0 Å². The number of nitrogens with one attached hydrogen (secondary N) is 1. The Hall–Kier alpha value is -2.49. The van der Waals surface area contributed by atoms with Gasteiger partial charge in [-0.2, -0.15) is 0 Å². The predicted molar refractivity (Wildman–Crippen MR) is 67.8 cm³/mol. The van der Waals surface area contributed by atoms with E-state index in [0.29, 0.717) is 22.3 Å². The Bertz CT molecular complexity index is 780. The highest BCUT2D eigenvalue weighted by Gasteiger charge is 2.05. The molecule has 0 aliphatic rings. The van der Waals surface area contributed by atoms with Crippen molar-refractivity contribution in [3.63, 3.8) is 0 Å². The second-order valence-electron chi connectivity index (χ2n) is 3.94. The van der Waals surface area contributed by atoms with Crippen molar-refractivity contribution in [1.82, 2.24) is 9.97 Å². The van der Waals surface area contributed by atoms with Gasteiger partial charge in [-0.3, -0.25) is 4.79 Å². The fourth-order valence-corrected chi connectivity index (χ4v) is 1.86. The lowest BCUT2D eigenvalue weighted by molar-refractivity contribution is 0.628. The first-order chi connectivity index (χ1) is 8.74. The summed E-state index contributed by atoms with van der Waals surface area (Å²) in [4.78, 5) is 18.9. The van der Waals surface area contributed by atoms with Gasteiger partial charge >= 0.3 is 0 Å². The molecule has 1 heterocycles. The average molecular weight is 240 g/mol. The van der Waals surface area contributed by atoms with Gasteiger partial charge in [-0.15, -0.1) is 0 Å². The molecule has 0 unspecified atom stereocenters. The van der Waals surface area contributed by atoms with Crippen LogP contribution in [0.4, 0.5) is 4.39 Å². The monoisotopic (exact) mass is 240 g/mol. The van der Waals surface area contributed by atoms with Gasteiger partial charge in [0.25, 0.3) is 5.56 Å². The molecule has 3 aromatic rings. The Labute approximate surface area is 102 Å². The lowest BCUT2D eigenvalue weighted by atomic mass is 10.2. The molecule has 0 aliphatic heterocycles. The number of halogens is 1. The number of hydrogen-bond acceptors (Lipinski definition) is 2. The van der Waals surface area contributed by atoms with Crippen molar-refractivity contribution in [3.8, 4) is 11.4 Å². The fourth-order valence-electron chi connectivity index (χ4n) is 1.86. The topological polar surface area (TPSA) is 45.8 Å². The summed E-state index contributed by atoms with van der Waals surface area (Å²) >= 11 is 0. The zero-order chi connectivity index (χ0) is 12.5. The summed E-state index contributed by atoms with van der Waals surface area (Å²) in [5.41, 5.74) is 0.929. The van der Waals surface area contributed by atoms with Crippen LogP contribution in [0.25, 0.3) is 22.3 Å². The lowest BCUT2D eigenvalue weighted by Crippen LogP contribution is -2.09. The molecule has 1 N–H and O–H groups in total. The Kier molecular flexibility index (Phi) is 2.41. The van der Waals surface area contributed by atoms with Crippen molar-refractivity contribution in [3.05, 3.63) is 64.7 Å². The van der Waals surface area contributed by atoms with Crippen molar-refractivity contribution in [1.29, 1.82) is 0 Å². The Morgan fingerprint density at radius 3 is 2.72 bits per heavy atom. The molecule has 0 radical (unpaired) electrons. The Morgan fingerprint density at radius 2 is 1.89 bits per heavy atom. The van der Waals surface area contributed by atoms with Crippen LogP contribution in [0.1, 0.15) is 0 Å². The smallest absolute Gasteiger partial charge is 0.259 e. The quantitative estimate of drug-likeness (QED) is 0.710. The summed E-state index contributed by atoms with van der Waals surface area (Å²) in [6.07, 6.45) is 0. The molecule has 0 amide bonds. The minimum atomic E-state index is -0.358. The number of rotatable bonds is 1. The third kappa shape index (κ3) is 1.78. The van der Waals surface area contributed by atoms with E-state index < -0.39 is 0 Å². The molecule has 0 saturated heterocycles. The molecule has 2 aromatic carbocycles. The van der Waals surface area contributed by atoms with Gasteiger partial charge in [0.1, 0.15) is 11.6 Å². The van der Waals surface area contributed by atoms with E-state index in [1.807, 2.05) is 6.07 Å². The van der Waals surface area contributed by atoms with Crippen LogP contribution in [-0.2, 0) is 0 Å². The van der Waals surface area contributed by atoms with Gasteiger partial charge in [0.2, 0.25) is 0 Å². The summed E-state index contributed by atoms with van der Waals surface area (Å²) in [5, 5.41) is 0.526. The van der Waals surface area contributed by atoms with E-state index in [-0.39, 0.29) is 11.4 Å². The summed E-state index contributed by atoms with van der Waals surface area (Å²) in [7, 11) is 0. The van der Waals surface area contributed by atoms with E-state index in [1.165, 1.54) is 12.1 Å². The van der Waals surface area contributed by atoms with Crippen LogP contribution < -0.4 is 5.56 Å². The maximum absolute atomic E-state index is 13.1. The molecule has 88 valence electrons. The molecule has 0 spiro atoms. The molecule has 0 aliphatic carbocycles. The summed E-state index contributed by atoms with van der Waals surface area (Å²) in [5.74, 6) is 0.0153. The number of para-hydroxylation sites is 1. The lowest BCUT2D eigenvalue weighted by Gasteiger charge is -2.02. The number of nitrogens with zero attached hydrogens (tertiary/aromatic N) is 1. The second-order valence-corrected chi connectivity index (χ2v) is 3.94. The highest BCUT2D eigenvalue weighted by Crippen LogP contribution is 2.16. The molecular weight excluding hydrogens is 231 g/mol. The molecule has 4 heteroatoms. The van der Waals surface area contributed by atoms with Crippen LogP contribution in [0.2, 0.25) is 0 Å². The van der Waals surface area contributed by atoms with Gasteiger partial charge in [0.15, 0.2) is 0 Å². The molecule has 3 rings (SSSR count). The third-order valence-electron chi connectivity index (χ3n) is 2.71. The van der Waals surface area contributed by atoms with Crippen LogP contribution in [0.5, 0.6) is 0 Å². The fraction of sp³-hybridized carbons (Fsp3) is 0. The summed E-state index contributed by atoms with van der Waals surface area (Å²) in [6.45, 7) is 0. The number of fused-ring (bicyclic) bond motifs is 1. The van der Waals surface area contributed by atoms with E-state index in [4.69, 9.17) is 0 Å². The first kappa shape index (κ1) is 10.7. The highest BCUT2D eigenvalue weighted by atomic mass is 19.1. The third-order valence-corrected chi connectivity index (χ3v) is 2.71. The van der Waals surface area contributed by atoms with E-state index in [2.05, 4.69) is 9.97 Å². The normalized spacial score (nSPS) is 10.7. The van der Waals surface area contributed by atoms with E-state index in [1.54, 1.807) is 30.3 Å². The maximum Gasteiger partial charge on any atom is 0.259 e. The first-order valence-corrected chi connectivity index (χ1v) is 5.49. The van der Waals surface area contributed by atoms with Crippen LogP contribution in [0, 0.1) is 5.82 Å². The summed E-state index contributed by atoms with van der Waals surface area (Å²) < 4.78 is 13.1. The minimum Gasteiger partial charge on any atom is -0.306 e. The molecular formula is C14H9FN2O. The molecule has 18 heavy (non-hydrogen) atoms. The second kappa shape index (κ2) is 4.07. The van der Waals surface area contributed by atoms with E-state index >= 15 is 0 Å². The number of H-pyrrole nitrogens is 1. The van der Waals surface area contributed by atoms with Gasteiger partial charge in [0, 0.05) is 5.56 Å². The van der Waals surface area contributed by atoms with Crippen molar-refractivity contribution in [2.75, 3.05) is 0 Å². The molecule has 0 atom stereocenters. The molecule has 0 bridgehead atoms. The van der Waals surface area contributed by atoms with Crippen molar-refractivity contribution < 1.29 is 4.39 Å². The first-order valence-electron chi connectivity index (χ1n) is 5.49. The Morgan fingerprint density at radius 1 is 1.06 bits per heavy atom. The average Bonchev–Trinajstić information content (AvgIpc) is 2.39. The molecule has 1 aromatic heterocycles. The van der Waals surface area contributed by atoms with Gasteiger partial charge in [-0.25, -0.2) is 9.37 Å². The van der Waals surface area contributed by atoms with Gasteiger partial charge < -0.3 is 4.98 Å². The zero-order valence-corrected chi connectivity index (χ0v) is 9.35. The number of hydrogen-bond donors (Lipinski definition) is 1. The van der Waals surface area contributed by atoms with Gasteiger partial charge in [-0.1, -0.05) is 24.3 Å². The van der Waals surface area contributed by atoms with Crippen LogP contribution in [-0.4, -0.2) is 9.97 Å². The van der Waals surface area contributed by atoms with Crippen LogP contribution in [0.3, 0.4) is 0 Å². The van der Waals surface area contributed by atoms with Crippen LogP contribution in [0.15, 0.2) is 53.3 Å². The minimum absolute atomic E-state index is 0.222. The predicted octanol–water partition coefficient (Wildman–Crippen LogP) is 2.73. The molecule has 0 saturated carbocycles. The van der Waals surface area contributed by atoms with Crippen molar-refractivity contribution >= 4 is 10.9 Å². The summed E-state index contributed by atoms with van der Waals surface area (Å²) in [6, 6.07) is 13.0. The molecule has 3 nitrogen and oxygen atoms in total. The zero-order valence-electron chi connectivity index (χ0n) is 9.35. The van der Waals surface area contributed by atoms with Crippen molar-refractivity contribution in [2.45, 2.75) is 0 Å². The van der Waals surface area contributed by atoms with Crippen LogP contribution >= 0.6 is 0 Å². The van der Waals surface area contributed by atoms with Crippen molar-refractivity contribution in [2.24, 2.45) is 0 Å². The van der Waals surface area contributed by atoms with Gasteiger partial charge in [-0.05, 0) is 24.3 Å². The number of aromatic nitrogens is 2. The maximum atomic E-state index is 13.1. The Balaban J connectivity index is 2.28. The largest absolute Gasteiger partial charge is 0.306 e. The molecule has 0 fully saturated rings. The highest BCUT2D eigenvalue weighted by molar-refractivity contribution is 5.79.